The summed E-state index contributed by atoms with van der Waals surface area (Å²) >= 11 is 0. The monoisotopic (exact) mass is 100 g/mol. The first-order valence-electron chi connectivity index (χ1n) is 2.15. The molecule has 0 aromatic rings. The second kappa shape index (κ2) is 3.84. The molecule has 0 saturated heterocycles. The Morgan fingerprint density at radius 2 is 2.43 bits per heavy atom. The maximum Gasteiger partial charge on any atom is 0.124 e. The highest BCUT2D eigenvalue weighted by atomic mass is 16.3. The zero-order chi connectivity index (χ0) is 5.70. The van der Waals surface area contributed by atoms with Crippen molar-refractivity contribution in [2.24, 2.45) is 0 Å². The largest absolute Gasteiger partial charge is 0.375 e. The van der Waals surface area contributed by atoms with Crippen LogP contribution in [0.3, 0.4) is 0 Å². The van der Waals surface area contributed by atoms with Gasteiger partial charge in [-0.25, -0.2) is 0 Å². The number of aliphatic hydroxyl groups excluding tert-OH is 1. The van der Waals surface area contributed by atoms with Crippen LogP contribution in [-0.2, 0) is 0 Å². The Bertz CT molecular complexity index is 54.0. The van der Waals surface area contributed by atoms with E-state index in [2.05, 4.69) is 11.9 Å². The van der Waals surface area contributed by atoms with E-state index < -0.39 is 6.23 Å². The standard InChI is InChI=1S/C5H10NO/c1-3-5(7)6-4-2/h3-7H,1H2,2H3. The summed E-state index contributed by atoms with van der Waals surface area (Å²) in [4.78, 5) is 0. The van der Waals surface area contributed by atoms with Crippen molar-refractivity contribution in [1.82, 2.24) is 5.32 Å². The van der Waals surface area contributed by atoms with Gasteiger partial charge in [0.2, 0.25) is 0 Å². The van der Waals surface area contributed by atoms with Gasteiger partial charge in [0, 0.05) is 6.54 Å². The van der Waals surface area contributed by atoms with Gasteiger partial charge in [0.15, 0.2) is 0 Å². The Morgan fingerprint density at radius 1 is 1.86 bits per heavy atom. The van der Waals surface area contributed by atoms with Gasteiger partial charge in [0.25, 0.3) is 0 Å². The van der Waals surface area contributed by atoms with Gasteiger partial charge in [0.05, 0.1) is 0 Å². The van der Waals surface area contributed by atoms with E-state index in [1.54, 1.807) is 13.5 Å². The molecule has 0 saturated carbocycles. The number of nitrogens with one attached hydrogen (secondary N) is 1. The van der Waals surface area contributed by atoms with Crippen LogP contribution in [0.1, 0.15) is 6.92 Å². The predicted molar refractivity (Wildman–Crippen MR) is 29.3 cm³/mol. The molecule has 0 rings (SSSR count). The molecule has 2 N–H and O–H groups in total. The fourth-order valence-corrected chi connectivity index (χ4v) is 0.239. The molecule has 0 aromatic heterocycles. The molecule has 0 fully saturated rings. The lowest BCUT2D eigenvalue weighted by Gasteiger charge is -2.01. The predicted octanol–water partition coefficient (Wildman–Crippen LogP) is 0.262. The van der Waals surface area contributed by atoms with E-state index in [9.17, 15) is 0 Å². The van der Waals surface area contributed by atoms with Gasteiger partial charge < -0.3 is 5.11 Å². The van der Waals surface area contributed by atoms with E-state index in [-0.39, 0.29) is 0 Å². The minimum atomic E-state index is -0.593. The summed E-state index contributed by atoms with van der Waals surface area (Å²) in [6, 6.07) is 0. The molecule has 1 unspecified atom stereocenters. The quantitative estimate of drug-likeness (QED) is 0.394. The van der Waals surface area contributed by atoms with Crippen molar-refractivity contribution in [3.8, 4) is 0 Å². The van der Waals surface area contributed by atoms with Crippen LogP contribution in [0.5, 0.6) is 0 Å². The van der Waals surface area contributed by atoms with E-state index >= 15 is 0 Å². The molecule has 0 spiro atoms. The lowest BCUT2D eigenvalue weighted by atomic mass is 10.5. The van der Waals surface area contributed by atoms with Crippen LogP contribution in [0.4, 0.5) is 0 Å². The molecular weight excluding hydrogens is 90.1 g/mol. The van der Waals surface area contributed by atoms with Crippen LogP contribution in [-0.4, -0.2) is 11.3 Å². The van der Waals surface area contributed by atoms with Gasteiger partial charge in [-0.1, -0.05) is 6.58 Å². The maximum atomic E-state index is 8.60. The number of hydrogen-bond donors (Lipinski definition) is 2. The first-order chi connectivity index (χ1) is 3.31. The fraction of sp³-hybridized carbons (Fsp3) is 0.400. The highest BCUT2D eigenvalue weighted by molar-refractivity contribution is 4.77. The van der Waals surface area contributed by atoms with Crippen molar-refractivity contribution in [2.75, 3.05) is 0 Å². The molecule has 0 aliphatic rings. The van der Waals surface area contributed by atoms with Gasteiger partial charge in [-0.2, -0.15) is 0 Å². The van der Waals surface area contributed by atoms with Crippen LogP contribution >= 0.6 is 0 Å². The van der Waals surface area contributed by atoms with E-state index in [1.807, 2.05) is 0 Å². The molecule has 1 atom stereocenters. The Labute approximate surface area is 43.9 Å². The summed E-state index contributed by atoms with van der Waals surface area (Å²) in [5.74, 6) is 0. The smallest absolute Gasteiger partial charge is 0.124 e. The zero-order valence-electron chi connectivity index (χ0n) is 4.39. The van der Waals surface area contributed by atoms with Gasteiger partial charge in [-0.3, -0.25) is 5.32 Å². The van der Waals surface area contributed by atoms with Crippen LogP contribution < -0.4 is 5.32 Å². The van der Waals surface area contributed by atoms with Crippen LogP contribution in [0.15, 0.2) is 12.7 Å². The van der Waals surface area contributed by atoms with E-state index in [1.165, 1.54) is 6.08 Å². The summed E-state index contributed by atoms with van der Waals surface area (Å²) < 4.78 is 0. The Morgan fingerprint density at radius 3 is 2.57 bits per heavy atom. The van der Waals surface area contributed by atoms with Crippen molar-refractivity contribution in [1.29, 1.82) is 0 Å². The fourth-order valence-electron chi connectivity index (χ4n) is 0.239. The van der Waals surface area contributed by atoms with Gasteiger partial charge in [-0.15, -0.1) is 0 Å². The van der Waals surface area contributed by atoms with Gasteiger partial charge >= 0.3 is 0 Å². The summed E-state index contributed by atoms with van der Waals surface area (Å²) in [5.41, 5.74) is 0. The molecule has 0 aliphatic heterocycles. The molecule has 7 heavy (non-hydrogen) atoms. The zero-order valence-corrected chi connectivity index (χ0v) is 4.39. The minimum absolute atomic E-state index is 0.593. The first-order valence-corrected chi connectivity index (χ1v) is 2.15. The Balaban J connectivity index is 2.98. The number of hydrogen-bond acceptors (Lipinski definition) is 2. The lowest BCUT2D eigenvalue weighted by Crippen LogP contribution is -2.21. The summed E-state index contributed by atoms with van der Waals surface area (Å²) in [5, 5.41) is 11.2. The van der Waals surface area contributed by atoms with Gasteiger partial charge in [-0.05, 0) is 13.0 Å². The minimum Gasteiger partial charge on any atom is -0.375 e. The molecular formula is C5H10NO. The normalized spacial score (nSPS) is 13.4. The molecule has 0 amide bonds. The van der Waals surface area contributed by atoms with Crippen molar-refractivity contribution in [2.45, 2.75) is 13.2 Å². The molecule has 2 heteroatoms. The van der Waals surface area contributed by atoms with Crippen molar-refractivity contribution in [3.63, 3.8) is 0 Å². The lowest BCUT2D eigenvalue weighted by molar-refractivity contribution is 0.197. The summed E-state index contributed by atoms with van der Waals surface area (Å²) in [6.07, 6.45) is 0.824. The maximum absolute atomic E-state index is 8.60. The van der Waals surface area contributed by atoms with E-state index in [4.69, 9.17) is 5.11 Å². The number of aliphatic hydroxyl groups is 1. The molecule has 0 aliphatic carbocycles. The second-order valence-electron chi connectivity index (χ2n) is 1.14. The number of rotatable bonds is 3. The van der Waals surface area contributed by atoms with Crippen LogP contribution in [0.2, 0.25) is 0 Å². The Hall–Kier alpha value is -0.340. The Kier molecular flexibility index (Phi) is 3.65. The van der Waals surface area contributed by atoms with E-state index in [0.29, 0.717) is 0 Å². The highest BCUT2D eigenvalue weighted by Gasteiger charge is 1.88. The molecule has 41 valence electrons. The summed E-state index contributed by atoms with van der Waals surface area (Å²) in [6.45, 7) is 6.80. The van der Waals surface area contributed by atoms with Crippen LogP contribution in [0.25, 0.3) is 0 Å². The topological polar surface area (TPSA) is 32.3 Å². The van der Waals surface area contributed by atoms with Crippen molar-refractivity contribution in [3.05, 3.63) is 19.2 Å². The average molecular weight is 100 g/mol. The third kappa shape index (κ3) is 3.49. The molecule has 0 aromatic carbocycles. The average Bonchev–Trinajstić information content (AvgIpc) is 1.68. The van der Waals surface area contributed by atoms with Crippen LogP contribution in [0, 0.1) is 6.54 Å². The van der Waals surface area contributed by atoms with Crippen molar-refractivity contribution >= 4 is 0 Å². The van der Waals surface area contributed by atoms with Gasteiger partial charge in [0.1, 0.15) is 6.23 Å². The molecule has 1 radical (unpaired) electrons. The first kappa shape index (κ1) is 6.66. The van der Waals surface area contributed by atoms with Crippen molar-refractivity contribution < 1.29 is 5.11 Å². The highest BCUT2D eigenvalue weighted by Crippen LogP contribution is 1.75. The molecule has 0 heterocycles. The third-order valence-corrected chi connectivity index (χ3v) is 0.561. The third-order valence-electron chi connectivity index (χ3n) is 0.561. The second-order valence-corrected chi connectivity index (χ2v) is 1.14. The molecule has 2 nitrogen and oxygen atoms in total. The SMILES string of the molecule is C=CC(O)N[CH]C. The summed E-state index contributed by atoms with van der Waals surface area (Å²) in [7, 11) is 0. The van der Waals surface area contributed by atoms with E-state index in [0.717, 1.165) is 0 Å². The molecule has 0 bridgehead atoms.